The van der Waals surface area contributed by atoms with E-state index in [-0.39, 0.29) is 21.7 Å². The second-order valence-corrected chi connectivity index (χ2v) is 13.0. The highest BCUT2D eigenvalue weighted by Gasteiger charge is 2.52. The summed E-state index contributed by atoms with van der Waals surface area (Å²) in [4.78, 5) is 8.32. The zero-order chi connectivity index (χ0) is 18.6. The molecule has 0 aromatic carbocycles. The molecule has 1 fully saturated rings. The third-order valence-corrected chi connectivity index (χ3v) is 8.41. The minimum Gasteiger partial charge on any atom is -0.598 e. The number of aromatic nitrogens is 1. The zero-order valence-corrected chi connectivity index (χ0v) is 18.5. The topological polar surface area (TPSA) is 51.2 Å². The molecule has 7 heteroatoms. The van der Waals surface area contributed by atoms with Gasteiger partial charge in [-0.25, -0.2) is 4.98 Å². The maximum atomic E-state index is 12.8. The zero-order valence-electron chi connectivity index (χ0n) is 16.1. The number of halogens is 1. The molecule has 0 unspecified atom stereocenters. The van der Waals surface area contributed by atoms with Gasteiger partial charge in [-0.2, -0.15) is 0 Å². The van der Waals surface area contributed by atoms with E-state index in [1.165, 1.54) is 4.88 Å². The third kappa shape index (κ3) is 3.90. The highest BCUT2D eigenvalue weighted by Crippen LogP contribution is 2.55. The lowest BCUT2D eigenvalue weighted by Gasteiger charge is -2.47. The van der Waals surface area contributed by atoms with Crippen molar-refractivity contribution in [3.63, 3.8) is 0 Å². The molecule has 4 nitrogen and oxygen atoms in total. The molecule has 2 heterocycles. The number of thiazole rings is 1. The van der Waals surface area contributed by atoms with Gasteiger partial charge in [0.05, 0.1) is 16.6 Å². The van der Waals surface area contributed by atoms with Crippen LogP contribution in [0.1, 0.15) is 71.0 Å². The summed E-state index contributed by atoms with van der Waals surface area (Å²) < 4.78 is 16.6. The first kappa shape index (κ1) is 19.9. The quantitative estimate of drug-likeness (QED) is 0.747. The Hall–Kier alpha value is 0.150. The number of piperidine rings is 1. The molecule has 1 saturated heterocycles. The van der Waals surface area contributed by atoms with Gasteiger partial charge in [-0.15, -0.1) is 16.1 Å². The van der Waals surface area contributed by atoms with Crippen LogP contribution in [0, 0.1) is 5.41 Å². The summed E-state index contributed by atoms with van der Waals surface area (Å²) in [5.41, 5.74) is 1.42. The second kappa shape index (κ2) is 6.64. The van der Waals surface area contributed by atoms with Gasteiger partial charge in [-0.1, -0.05) is 11.6 Å². The van der Waals surface area contributed by atoms with Crippen molar-refractivity contribution in [3.05, 3.63) is 15.0 Å². The number of nitrogens with zero attached hydrogens (tertiary/aromatic N) is 2. The normalized spacial score (nSPS) is 25.4. The average Bonchev–Trinajstić information content (AvgIpc) is 2.93. The fraction of sp³-hybridized carbons (Fsp3) is 0.833. The summed E-state index contributed by atoms with van der Waals surface area (Å²) in [7, 11) is 0. The van der Waals surface area contributed by atoms with Gasteiger partial charge in [0.1, 0.15) is 4.75 Å². The smallest absolute Gasteiger partial charge is 0.184 e. The van der Waals surface area contributed by atoms with Crippen LogP contribution in [0.15, 0.2) is 0 Å². The minimum absolute atomic E-state index is 0.0923. The molecule has 1 N–H and O–H groups in total. The number of hydrogen-bond donors (Lipinski definition) is 1. The van der Waals surface area contributed by atoms with Gasteiger partial charge in [0.15, 0.2) is 4.47 Å². The molecule has 1 aromatic heterocycles. The van der Waals surface area contributed by atoms with Gasteiger partial charge >= 0.3 is 0 Å². The van der Waals surface area contributed by atoms with Crippen molar-refractivity contribution >= 4 is 34.3 Å². The number of fused-ring (bicyclic) bond motifs is 1. The van der Waals surface area contributed by atoms with Crippen LogP contribution in [0.5, 0.6) is 0 Å². The third-order valence-electron chi connectivity index (χ3n) is 5.58. The fourth-order valence-corrected chi connectivity index (χ4v) is 6.31. The number of nitrogens with one attached hydrogen (secondary N) is 1. The molecule has 1 aliphatic carbocycles. The van der Waals surface area contributed by atoms with Crippen LogP contribution in [0.3, 0.4) is 0 Å². The first-order valence-electron chi connectivity index (χ1n) is 9.01. The summed E-state index contributed by atoms with van der Waals surface area (Å²) in [6, 6.07) is 0.0923. The molecule has 0 amide bonds. The van der Waals surface area contributed by atoms with Crippen molar-refractivity contribution in [2.45, 2.75) is 77.1 Å². The van der Waals surface area contributed by atoms with Gasteiger partial charge in [-0.3, -0.25) is 4.90 Å². The minimum atomic E-state index is -1.11. The Morgan fingerprint density at radius 3 is 2.36 bits per heavy atom. The Morgan fingerprint density at radius 1 is 1.24 bits per heavy atom. The fourth-order valence-electron chi connectivity index (χ4n) is 3.95. The summed E-state index contributed by atoms with van der Waals surface area (Å²) in [6.45, 7) is 15.0. The molecule has 142 valence electrons. The monoisotopic (exact) mass is 403 g/mol. The maximum absolute atomic E-state index is 12.8. The molecule has 1 aliphatic heterocycles. The van der Waals surface area contributed by atoms with Crippen LogP contribution in [-0.2, 0) is 17.8 Å². The lowest BCUT2D eigenvalue weighted by Crippen LogP contribution is -2.53. The molecular weight excluding hydrogens is 374 g/mol. The molecular formula is C18H30ClN3OS2. The van der Waals surface area contributed by atoms with Crippen molar-refractivity contribution in [1.29, 1.82) is 0 Å². The second-order valence-electron chi connectivity index (χ2n) is 9.41. The predicted molar refractivity (Wildman–Crippen MR) is 108 cm³/mol. The van der Waals surface area contributed by atoms with Gasteiger partial charge in [0, 0.05) is 22.3 Å². The molecule has 1 aromatic rings. The predicted octanol–water partition coefficient (Wildman–Crippen LogP) is 4.33. The molecule has 0 saturated carbocycles. The largest absolute Gasteiger partial charge is 0.598 e. The van der Waals surface area contributed by atoms with Crippen molar-refractivity contribution < 1.29 is 4.55 Å². The van der Waals surface area contributed by atoms with Crippen LogP contribution >= 0.6 is 22.9 Å². The summed E-state index contributed by atoms with van der Waals surface area (Å²) in [5.74, 6) is 0. The van der Waals surface area contributed by atoms with E-state index in [0.29, 0.717) is 4.47 Å². The molecule has 3 rings (SSSR count). The van der Waals surface area contributed by atoms with Gasteiger partial charge in [0.2, 0.25) is 0 Å². The molecule has 2 atom stereocenters. The van der Waals surface area contributed by atoms with E-state index in [2.05, 4.69) is 35.4 Å². The molecule has 2 aliphatic rings. The summed E-state index contributed by atoms with van der Waals surface area (Å²) in [5, 5.41) is 0. The van der Waals surface area contributed by atoms with Crippen molar-refractivity contribution in [2.75, 3.05) is 13.1 Å². The van der Waals surface area contributed by atoms with E-state index >= 15 is 0 Å². The highest BCUT2D eigenvalue weighted by molar-refractivity contribution is 7.90. The molecule has 0 bridgehead atoms. The standard InChI is InChI=1S/C18H30ClN3OS2/c1-16(2,3)22-9-7-18(8-10-22)11-12-13(24-15(19)20-12)14(18)21-25(23)17(4,5)6/h14,21H,7-11H2,1-6H3/t14-,25-/m1/s1. The van der Waals surface area contributed by atoms with Crippen LogP contribution in [0.4, 0.5) is 0 Å². The van der Waals surface area contributed by atoms with E-state index < -0.39 is 11.4 Å². The van der Waals surface area contributed by atoms with E-state index in [0.717, 1.165) is 38.0 Å². The summed E-state index contributed by atoms with van der Waals surface area (Å²) in [6.07, 6.45) is 3.15. The van der Waals surface area contributed by atoms with Gasteiger partial charge < -0.3 is 4.55 Å². The Labute approximate surface area is 164 Å². The number of hydrogen-bond acceptors (Lipinski definition) is 5. The summed E-state index contributed by atoms with van der Waals surface area (Å²) >= 11 is 6.62. The number of rotatable bonds is 2. The van der Waals surface area contributed by atoms with Crippen LogP contribution < -0.4 is 4.72 Å². The molecule has 1 spiro atoms. The Morgan fingerprint density at radius 2 is 1.84 bits per heavy atom. The van der Waals surface area contributed by atoms with Crippen molar-refractivity contribution in [1.82, 2.24) is 14.6 Å². The Bertz CT molecular complexity index is 627. The van der Waals surface area contributed by atoms with Crippen molar-refractivity contribution in [3.8, 4) is 0 Å². The first-order valence-corrected chi connectivity index (χ1v) is 11.3. The van der Waals surface area contributed by atoms with E-state index in [1.54, 1.807) is 11.3 Å². The average molecular weight is 404 g/mol. The SMILES string of the molecule is CC(C)(C)N1CCC2(CC1)Cc1nc(Cl)sc1[C@H]2N[S@+]([O-])C(C)(C)C. The number of likely N-dealkylation sites (tertiary alicyclic amines) is 1. The molecule has 0 radical (unpaired) electrons. The van der Waals surface area contributed by atoms with Crippen LogP contribution in [-0.4, -0.2) is 37.8 Å². The van der Waals surface area contributed by atoms with E-state index in [1.807, 2.05) is 20.8 Å². The first-order chi connectivity index (χ1) is 11.4. The van der Waals surface area contributed by atoms with Crippen LogP contribution in [0.25, 0.3) is 0 Å². The van der Waals surface area contributed by atoms with Gasteiger partial charge in [-0.05, 0) is 73.9 Å². The highest BCUT2D eigenvalue weighted by atomic mass is 35.5. The van der Waals surface area contributed by atoms with Gasteiger partial charge in [0.25, 0.3) is 0 Å². The molecule has 25 heavy (non-hydrogen) atoms. The van der Waals surface area contributed by atoms with E-state index in [9.17, 15) is 4.55 Å². The lowest BCUT2D eigenvalue weighted by molar-refractivity contribution is 0.0316. The Kier molecular flexibility index (Phi) is 5.29. The Balaban J connectivity index is 1.85. The maximum Gasteiger partial charge on any atom is 0.184 e. The van der Waals surface area contributed by atoms with Crippen LogP contribution in [0.2, 0.25) is 4.47 Å². The van der Waals surface area contributed by atoms with Crippen molar-refractivity contribution in [2.24, 2.45) is 5.41 Å². The lowest BCUT2D eigenvalue weighted by atomic mass is 9.73. The van der Waals surface area contributed by atoms with E-state index in [4.69, 9.17) is 11.6 Å².